The van der Waals surface area contributed by atoms with E-state index in [0.29, 0.717) is 5.69 Å². The van der Waals surface area contributed by atoms with Crippen LogP contribution in [0.5, 0.6) is 0 Å². The first kappa shape index (κ1) is 9.64. The van der Waals surface area contributed by atoms with Crippen molar-refractivity contribution >= 4 is 5.91 Å². The second kappa shape index (κ2) is 3.98. The van der Waals surface area contributed by atoms with Crippen molar-refractivity contribution in [1.82, 2.24) is 10.3 Å². The summed E-state index contributed by atoms with van der Waals surface area (Å²) < 4.78 is 12.5. The van der Waals surface area contributed by atoms with E-state index in [1.54, 1.807) is 13.0 Å². The first-order chi connectivity index (χ1) is 6.09. The van der Waals surface area contributed by atoms with Crippen LogP contribution in [0.15, 0.2) is 18.3 Å². The average Bonchev–Trinajstić information content (AvgIpc) is 2.04. The predicted molar refractivity (Wildman–Crippen MR) is 46.4 cm³/mol. The molecule has 13 heavy (non-hydrogen) atoms. The standard InChI is InChI=1S/C9H11FN2O/c1-6(12-7(2)13)9-4-3-8(10)5-11-9/h3-6H,1-2H3,(H,12,13). The second-order valence-electron chi connectivity index (χ2n) is 2.82. The Hall–Kier alpha value is -1.45. The lowest BCUT2D eigenvalue weighted by Crippen LogP contribution is -2.24. The highest BCUT2D eigenvalue weighted by atomic mass is 19.1. The van der Waals surface area contributed by atoms with Crippen molar-refractivity contribution in [3.8, 4) is 0 Å². The van der Waals surface area contributed by atoms with Crippen LogP contribution in [0.2, 0.25) is 0 Å². The molecule has 1 amide bonds. The average molecular weight is 182 g/mol. The van der Waals surface area contributed by atoms with Crippen LogP contribution >= 0.6 is 0 Å². The molecule has 1 atom stereocenters. The van der Waals surface area contributed by atoms with Gasteiger partial charge in [0.25, 0.3) is 0 Å². The summed E-state index contributed by atoms with van der Waals surface area (Å²) in [6.07, 6.45) is 1.13. The van der Waals surface area contributed by atoms with Crippen LogP contribution in [0.3, 0.4) is 0 Å². The van der Waals surface area contributed by atoms with Gasteiger partial charge < -0.3 is 5.32 Å². The number of nitrogens with one attached hydrogen (secondary N) is 1. The second-order valence-corrected chi connectivity index (χ2v) is 2.82. The number of carbonyl (C=O) groups is 1. The molecule has 1 N–H and O–H groups in total. The topological polar surface area (TPSA) is 42.0 Å². The Morgan fingerprint density at radius 1 is 1.62 bits per heavy atom. The Kier molecular flexibility index (Phi) is 2.95. The van der Waals surface area contributed by atoms with Gasteiger partial charge in [-0.1, -0.05) is 0 Å². The Morgan fingerprint density at radius 3 is 2.77 bits per heavy atom. The fourth-order valence-electron chi connectivity index (χ4n) is 1.02. The molecule has 0 saturated heterocycles. The van der Waals surface area contributed by atoms with Crippen LogP contribution in [0.25, 0.3) is 0 Å². The maximum atomic E-state index is 12.5. The molecular weight excluding hydrogens is 171 g/mol. The maximum absolute atomic E-state index is 12.5. The molecule has 0 fully saturated rings. The highest BCUT2D eigenvalue weighted by molar-refractivity contribution is 5.73. The van der Waals surface area contributed by atoms with E-state index in [-0.39, 0.29) is 17.8 Å². The van der Waals surface area contributed by atoms with Gasteiger partial charge in [-0.15, -0.1) is 0 Å². The number of aromatic nitrogens is 1. The van der Waals surface area contributed by atoms with Crippen molar-refractivity contribution in [3.05, 3.63) is 29.8 Å². The van der Waals surface area contributed by atoms with Crippen LogP contribution in [0, 0.1) is 5.82 Å². The monoisotopic (exact) mass is 182 g/mol. The van der Waals surface area contributed by atoms with Gasteiger partial charge in [0.15, 0.2) is 0 Å². The molecular formula is C9H11FN2O. The van der Waals surface area contributed by atoms with Crippen molar-refractivity contribution in [2.45, 2.75) is 19.9 Å². The lowest BCUT2D eigenvalue weighted by atomic mass is 10.2. The van der Waals surface area contributed by atoms with Crippen molar-refractivity contribution in [3.63, 3.8) is 0 Å². The summed E-state index contributed by atoms with van der Waals surface area (Å²) in [4.78, 5) is 14.5. The summed E-state index contributed by atoms with van der Waals surface area (Å²) in [5.41, 5.74) is 0.650. The van der Waals surface area contributed by atoms with Gasteiger partial charge in [-0.05, 0) is 19.1 Å². The van der Waals surface area contributed by atoms with Gasteiger partial charge >= 0.3 is 0 Å². The van der Waals surface area contributed by atoms with E-state index >= 15 is 0 Å². The zero-order chi connectivity index (χ0) is 9.84. The third-order valence-corrected chi connectivity index (χ3v) is 1.61. The molecule has 1 heterocycles. The van der Waals surface area contributed by atoms with E-state index in [1.807, 2.05) is 0 Å². The third kappa shape index (κ3) is 2.82. The largest absolute Gasteiger partial charge is 0.348 e. The van der Waals surface area contributed by atoms with E-state index < -0.39 is 0 Å². The lowest BCUT2D eigenvalue weighted by molar-refractivity contribution is -0.119. The van der Waals surface area contributed by atoms with Crippen LogP contribution < -0.4 is 5.32 Å². The smallest absolute Gasteiger partial charge is 0.217 e. The first-order valence-electron chi connectivity index (χ1n) is 3.98. The predicted octanol–water partition coefficient (Wildman–Crippen LogP) is 1.42. The minimum atomic E-state index is -0.376. The molecule has 70 valence electrons. The highest BCUT2D eigenvalue weighted by Crippen LogP contribution is 2.08. The molecule has 0 aliphatic carbocycles. The zero-order valence-electron chi connectivity index (χ0n) is 7.54. The summed E-state index contributed by atoms with van der Waals surface area (Å²) in [5, 5.41) is 2.65. The summed E-state index contributed by atoms with van der Waals surface area (Å²) in [6, 6.07) is 2.69. The number of nitrogens with zero attached hydrogens (tertiary/aromatic N) is 1. The normalized spacial score (nSPS) is 12.2. The number of rotatable bonds is 2. The first-order valence-corrected chi connectivity index (χ1v) is 3.98. The molecule has 3 nitrogen and oxygen atoms in total. The molecule has 1 aromatic rings. The van der Waals surface area contributed by atoms with E-state index in [2.05, 4.69) is 10.3 Å². The van der Waals surface area contributed by atoms with Gasteiger partial charge in [0, 0.05) is 6.92 Å². The summed E-state index contributed by atoms with van der Waals surface area (Å²) >= 11 is 0. The van der Waals surface area contributed by atoms with Gasteiger partial charge in [-0.3, -0.25) is 9.78 Å². The van der Waals surface area contributed by atoms with E-state index in [1.165, 1.54) is 13.0 Å². The van der Waals surface area contributed by atoms with Gasteiger partial charge in [-0.2, -0.15) is 0 Å². The Labute approximate surface area is 76.0 Å². The fraction of sp³-hybridized carbons (Fsp3) is 0.333. The fourth-order valence-corrected chi connectivity index (χ4v) is 1.02. The lowest BCUT2D eigenvalue weighted by Gasteiger charge is -2.10. The third-order valence-electron chi connectivity index (χ3n) is 1.61. The van der Waals surface area contributed by atoms with Gasteiger partial charge in [-0.25, -0.2) is 4.39 Å². The minimum absolute atomic E-state index is 0.126. The maximum Gasteiger partial charge on any atom is 0.217 e. The molecule has 0 aromatic carbocycles. The Balaban J connectivity index is 2.71. The number of halogens is 1. The molecule has 0 bridgehead atoms. The summed E-state index contributed by atoms with van der Waals surface area (Å²) in [5.74, 6) is -0.502. The van der Waals surface area contributed by atoms with Crippen LogP contribution in [-0.4, -0.2) is 10.9 Å². The van der Waals surface area contributed by atoms with Crippen molar-refractivity contribution in [2.24, 2.45) is 0 Å². The summed E-state index contributed by atoms with van der Waals surface area (Å²) in [7, 11) is 0. The molecule has 0 aliphatic rings. The van der Waals surface area contributed by atoms with Gasteiger partial charge in [0.2, 0.25) is 5.91 Å². The highest BCUT2D eigenvalue weighted by Gasteiger charge is 2.06. The molecule has 0 saturated carbocycles. The Bertz CT molecular complexity index is 297. The van der Waals surface area contributed by atoms with E-state index in [4.69, 9.17) is 0 Å². The molecule has 0 spiro atoms. The van der Waals surface area contributed by atoms with Crippen LogP contribution in [0.1, 0.15) is 25.6 Å². The molecule has 4 heteroatoms. The van der Waals surface area contributed by atoms with Crippen molar-refractivity contribution in [1.29, 1.82) is 0 Å². The van der Waals surface area contributed by atoms with Crippen molar-refractivity contribution < 1.29 is 9.18 Å². The zero-order valence-corrected chi connectivity index (χ0v) is 7.54. The SMILES string of the molecule is CC(=O)NC(C)c1ccc(F)cn1. The van der Waals surface area contributed by atoms with Crippen molar-refractivity contribution in [2.75, 3.05) is 0 Å². The number of hydrogen-bond acceptors (Lipinski definition) is 2. The van der Waals surface area contributed by atoms with Crippen LogP contribution in [-0.2, 0) is 4.79 Å². The molecule has 0 aliphatic heterocycles. The summed E-state index contributed by atoms with van der Waals surface area (Å²) in [6.45, 7) is 3.22. The van der Waals surface area contributed by atoms with Gasteiger partial charge in [0.1, 0.15) is 5.82 Å². The number of hydrogen-bond donors (Lipinski definition) is 1. The molecule has 0 radical (unpaired) electrons. The number of pyridine rings is 1. The molecule has 1 rings (SSSR count). The van der Waals surface area contributed by atoms with Crippen LogP contribution in [0.4, 0.5) is 4.39 Å². The van der Waals surface area contributed by atoms with E-state index in [0.717, 1.165) is 6.20 Å². The quantitative estimate of drug-likeness (QED) is 0.751. The van der Waals surface area contributed by atoms with Gasteiger partial charge in [0.05, 0.1) is 17.9 Å². The minimum Gasteiger partial charge on any atom is -0.348 e. The molecule has 1 unspecified atom stereocenters. The number of carbonyl (C=O) groups excluding carboxylic acids is 1. The number of amides is 1. The van der Waals surface area contributed by atoms with E-state index in [9.17, 15) is 9.18 Å². The molecule has 1 aromatic heterocycles. The Morgan fingerprint density at radius 2 is 2.31 bits per heavy atom.